The molecule has 0 radical (unpaired) electrons. The Morgan fingerprint density at radius 2 is 0.569 bits per heavy atom. The highest BCUT2D eigenvalue weighted by atomic mass is 16.5. The van der Waals surface area contributed by atoms with Crippen LogP contribution in [-0.2, 0) is 14.3 Å². The van der Waals surface area contributed by atoms with Gasteiger partial charge in [0, 0.05) is 19.5 Å². The SMILES string of the molecule is CCCCCCC/C=C/CCCCCCCCCCCCCCCCCCCCCCCCCCCCCCCC(CC(=O)N(CCCCCCCC)CCCCCCCC)C(=O)OCCCCCCCC. The highest BCUT2D eigenvalue weighted by molar-refractivity contribution is 5.83. The van der Waals surface area contributed by atoms with Gasteiger partial charge in [0.1, 0.15) is 0 Å². The molecule has 0 aromatic heterocycles. The highest BCUT2D eigenvalue weighted by Crippen LogP contribution is 2.22. The zero-order valence-electron chi connectivity index (χ0n) is 50.1. The highest BCUT2D eigenvalue weighted by Gasteiger charge is 2.26. The first-order valence-electron chi connectivity index (χ1n) is 33.7. The van der Waals surface area contributed by atoms with Crippen molar-refractivity contribution in [1.29, 1.82) is 0 Å². The smallest absolute Gasteiger partial charge is 0.309 e. The fourth-order valence-electron chi connectivity index (χ4n) is 10.9. The van der Waals surface area contributed by atoms with Crippen molar-refractivity contribution in [2.24, 2.45) is 5.92 Å². The molecular formula is C68H133NO3. The van der Waals surface area contributed by atoms with Crippen LogP contribution in [0.5, 0.6) is 0 Å². The normalized spacial score (nSPS) is 12.1. The predicted octanol–water partition coefficient (Wildman–Crippen LogP) is 23.5. The summed E-state index contributed by atoms with van der Waals surface area (Å²) < 4.78 is 5.88. The van der Waals surface area contributed by atoms with Gasteiger partial charge in [0.15, 0.2) is 0 Å². The van der Waals surface area contributed by atoms with E-state index in [4.69, 9.17) is 4.74 Å². The fraction of sp³-hybridized carbons (Fsp3) is 0.941. The Kier molecular flexibility index (Phi) is 61.1. The zero-order valence-corrected chi connectivity index (χ0v) is 50.1. The molecule has 0 aliphatic carbocycles. The minimum atomic E-state index is -0.291. The molecule has 0 heterocycles. The second kappa shape index (κ2) is 62.2. The van der Waals surface area contributed by atoms with Crippen LogP contribution in [0, 0.1) is 5.92 Å². The molecule has 0 aliphatic heterocycles. The van der Waals surface area contributed by atoms with Gasteiger partial charge in [-0.05, 0) is 51.4 Å². The average molecular weight is 1010 g/mol. The summed E-state index contributed by atoms with van der Waals surface area (Å²) in [4.78, 5) is 29.5. The predicted molar refractivity (Wildman–Crippen MR) is 321 cm³/mol. The Balaban J connectivity index is 4.00. The Morgan fingerprint density at radius 3 is 0.875 bits per heavy atom. The third-order valence-corrected chi connectivity index (χ3v) is 16.0. The lowest BCUT2D eigenvalue weighted by Crippen LogP contribution is -2.35. The number of allylic oxidation sites excluding steroid dienone is 2. The number of carbonyl (C=O) groups is 2. The van der Waals surface area contributed by atoms with Crippen molar-refractivity contribution in [3.05, 3.63) is 12.2 Å². The molecule has 0 aromatic carbocycles. The van der Waals surface area contributed by atoms with Crippen LogP contribution in [0.25, 0.3) is 0 Å². The van der Waals surface area contributed by atoms with Gasteiger partial charge in [-0.3, -0.25) is 9.59 Å². The van der Waals surface area contributed by atoms with Crippen molar-refractivity contribution in [2.45, 2.75) is 387 Å². The lowest BCUT2D eigenvalue weighted by Gasteiger charge is -2.25. The molecule has 0 N–H and O–H groups in total. The molecule has 0 fully saturated rings. The molecule has 1 atom stereocenters. The third-order valence-electron chi connectivity index (χ3n) is 16.0. The summed E-state index contributed by atoms with van der Waals surface area (Å²) in [5.74, 6) is -0.216. The molecule has 0 aromatic rings. The van der Waals surface area contributed by atoms with Crippen LogP contribution in [0.15, 0.2) is 12.2 Å². The van der Waals surface area contributed by atoms with E-state index in [2.05, 4.69) is 44.7 Å². The van der Waals surface area contributed by atoms with E-state index in [-0.39, 0.29) is 17.8 Å². The van der Waals surface area contributed by atoms with Gasteiger partial charge in [0.05, 0.1) is 12.5 Å². The van der Waals surface area contributed by atoms with Gasteiger partial charge in [-0.15, -0.1) is 0 Å². The molecule has 0 rings (SSSR count). The molecule has 1 unspecified atom stereocenters. The van der Waals surface area contributed by atoms with Crippen LogP contribution < -0.4 is 0 Å². The van der Waals surface area contributed by atoms with Crippen molar-refractivity contribution in [2.75, 3.05) is 19.7 Å². The van der Waals surface area contributed by atoms with Crippen LogP contribution >= 0.6 is 0 Å². The first-order valence-corrected chi connectivity index (χ1v) is 33.7. The van der Waals surface area contributed by atoms with Gasteiger partial charge >= 0.3 is 5.97 Å². The van der Waals surface area contributed by atoms with Gasteiger partial charge < -0.3 is 9.64 Å². The lowest BCUT2D eigenvalue weighted by molar-refractivity contribution is -0.152. The van der Waals surface area contributed by atoms with Crippen molar-refractivity contribution in [3.63, 3.8) is 0 Å². The minimum absolute atomic E-state index is 0.114. The molecule has 0 saturated carbocycles. The summed E-state index contributed by atoms with van der Waals surface area (Å²) in [7, 11) is 0. The van der Waals surface area contributed by atoms with Crippen molar-refractivity contribution >= 4 is 11.9 Å². The summed E-state index contributed by atoms with van der Waals surface area (Å²) in [5, 5.41) is 0. The number of hydrogen-bond acceptors (Lipinski definition) is 3. The Morgan fingerprint density at radius 1 is 0.319 bits per heavy atom. The molecule has 0 bridgehead atoms. The summed E-state index contributed by atoms with van der Waals surface area (Å²) in [5.41, 5.74) is 0. The van der Waals surface area contributed by atoms with E-state index in [1.165, 1.54) is 308 Å². The maximum atomic E-state index is 13.9. The van der Waals surface area contributed by atoms with Gasteiger partial charge in [0.2, 0.25) is 5.91 Å². The summed E-state index contributed by atoms with van der Waals surface area (Å²) in [6.07, 6.45) is 78.2. The first kappa shape index (κ1) is 70.7. The van der Waals surface area contributed by atoms with Gasteiger partial charge in [-0.2, -0.15) is 0 Å². The van der Waals surface area contributed by atoms with Crippen LogP contribution in [0.3, 0.4) is 0 Å². The molecule has 0 saturated heterocycles. The van der Waals surface area contributed by atoms with E-state index in [0.29, 0.717) is 13.0 Å². The van der Waals surface area contributed by atoms with E-state index in [9.17, 15) is 9.59 Å². The van der Waals surface area contributed by atoms with Crippen LogP contribution in [-0.4, -0.2) is 36.5 Å². The van der Waals surface area contributed by atoms with E-state index in [0.717, 1.165) is 58.0 Å². The Labute approximate surface area is 454 Å². The average Bonchev–Trinajstić information content (AvgIpc) is 3.38. The fourth-order valence-corrected chi connectivity index (χ4v) is 10.9. The molecule has 0 spiro atoms. The summed E-state index contributed by atoms with van der Waals surface area (Å²) in [6, 6.07) is 0. The summed E-state index contributed by atoms with van der Waals surface area (Å²) in [6.45, 7) is 11.3. The molecule has 72 heavy (non-hydrogen) atoms. The molecular weight excluding hydrogens is 879 g/mol. The number of hydrogen-bond donors (Lipinski definition) is 0. The van der Waals surface area contributed by atoms with E-state index in [1.54, 1.807) is 0 Å². The van der Waals surface area contributed by atoms with Crippen LogP contribution in [0.4, 0.5) is 0 Å². The monoisotopic (exact) mass is 1010 g/mol. The Hall–Kier alpha value is -1.32. The van der Waals surface area contributed by atoms with Crippen LogP contribution in [0.1, 0.15) is 387 Å². The quantitative estimate of drug-likeness (QED) is 0.0346. The maximum Gasteiger partial charge on any atom is 0.309 e. The topological polar surface area (TPSA) is 46.6 Å². The van der Waals surface area contributed by atoms with E-state index >= 15 is 0 Å². The zero-order chi connectivity index (χ0) is 52.2. The standard InChI is InChI=1S/C68H133NO3/c1-5-9-13-17-21-22-23-24-25-26-27-28-29-30-31-32-33-34-35-36-37-38-39-40-41-42-43-44-45-46-47-48-49-50-51-52-53-57-61-66(68(71)72-64-60-56-20-16-12-8-4)65-67(70)69(62-58-54-18-14-10-6-2)63-59-55-19-15-11-7-3/h23-24,66H,5-22,25-65H2,1-4H3/b24-23+. The minimum Gasteiger partial charge on any atom is -0.465 e. The van der Waals surface area contributed by atoms with E-state index in [1.807, 2.05) is 0 Å². The number of rotatable bonds is 62. The van der Waals surface area contributed by atoms with E-state index < -0.39 is 0 Å². The first-order chi connectivity index (χ1) is 35.6. The summed E-state index contributed by atoms with van der Waals surface area (Å²) >= 11 is 0. The molecule has 0 aliphatic rings. The van der Waals surface area contributed by atoms with Crippen LogP contribution in [0.2, 0.25) is 0 Å². The lowest BCUT2D eigenvalue weighted by atomic mass is 9.96. The number of amides is 1. The number of carbonyl (C=O) groups excluding carboxylic acids is 2. The van der Waals surface area contributed by atoms with Crippen molar-refractivity contribution in [1.82, 2.24) is 4.90 Å². The number of unbranched alkanes of at least 4 members (excludes halogenated alkanes) is 49. The second-order valence-corrected chi connectivity index (χ2v) is 23.3. The van der Waals surface area contributed by atoms with Gasteiger partial charge in [-0.25, -0.2) is 0 Å². The van der Waals surface area contributed by atoms with Crippen molar-refractivity contribution < 1.29 is 14.3 Å². The van der Waals surface area contributed by atoms with Crippen molar-refractivity contribution in [3.8, 4) is 0 Å². The van der Waals surface area contributed by atoms with Gasteiger partial charge in [0.25, 0.3) is 0 Å². The molecule has 4 heteroatoms. The maximum absolute atomic E-state index is 13.9. The molecule has 428 valence electrons. The molecule has 4 nitrogen and oxygen atoms in total. The number of ether oxygens (including phenoxy) is 1. The molecule has 1 amide bonds. The number of esters is 1. The second-order valence-electron chi connectivity index (χ2n) is 23.3. The van der Waals surface area contributed by atoms with Gasteiger partial charge in [-0.1, -0.05) is 342 Å². The third kappa shape index (κ3) is 54.9. The number of nitrogens with zero attached hydrogens (tertiary/aromatic N) is 1. The Bertz CT molecular complexity index is 1060. The largest absolute Gasteiger partial charge is 0.465 e.